The molecule has 0 saturated heterocycles. The van der Waals surface area contributed by atoms with Gasteiger partial charge >= 0.3 is 0 Å². The van der Waals surface area contributed by atoms with Gasteiger partial charge in [-0.05, 0) is 42.8 Å². The van der Waals surface area contributed by atoms with Gasteiger partial charge in [-0.25, -0.2) is 22.0 Å². The van der Waals surface area contributed by atoms with Crippen molar-refractivity contribution in [2.24, 2.45) is 5.10 Å². The van der Waals surface area contributed by atoms with Gasteiger partial charge in [0, 0.05) is 0 Å². The van der Waals surface area contributed by atoms with Crippen LogP contribution in [0.4, 0.5) is 27.6 Å². The van der Waals surface area contributed by atoms with Crippen LogP contribution < -0.4 is 9.75 Å². The molecule has 1 heterocycles. The first-order valence-electron chi connectivity index (χ1n) is 9.24. The Morgan fingerprint density at radius 2 is 1.41 bits per heavy atom. The summed E-state index contributed by atoms with van der Waals surface area (Å²) in [5.74, 6) is -10.9. The van der Waals surface area contributed by atoms with Gasteiger partial charge in [0.1, 0.15) is 17.2 Å². The summed E-state index contributed by atoms with van der Waals surface area (Å²) in [4.78, 5) is 12.7. The number of para-hydroxylation sites is 1. The Hall–Kier alpha value is -4.01. The average molecular weight is 444 g/mol. The predicted molar refractivity (Wildman–Crippen MR) is 108 cm³/mol. The van der Waals surface area contributed by atoms with Gasteiger partial charge in [-0.2, -0.15) is 10.1 Å². The van der Waals surface area contributed by atoms with Gasteiger partial charge in [-0.1, -0.05) is 30.3 Å². The highest BCUT2D eigenvalue weighted by molar-refractivity contribution is 6.32. The molecule has 32 heavy (non-hydrogen) atoms. The minimum Gasteiger partial charge on any atom is -0.457 e. The Balaban J connectivity index is 1.68. The van der Waals surface area contributed by atoms with E-state index in [1.165, 1.54) is 13.0 Å². The number of hydrazone groups is 1. The fourth-order valence-corrected chi connectivity index (χ4v) is 3.07. The lowest BCUT2D eigenvalue weighted by molar-refractivity contribution is -0.114. The molecule has 4 rings (SSSR count). The molecule has 1 amide bonds. The fraction of sp³-hybridized carbons (Fsp3) is 0.0435. The summed E-state index contributed by atoms with van der Waals surface area (Å²) < 4.78 is 74.5. The Kier molecular flexibility index (Phi) is 5.48. The number of hydrogen-bond donors (Lipinski definition) is 0. The van der Waals surface area contributed by atoms with E-state index in [1.54, 1.807) is 48.5 Å². The van der Waals surface area contributed by atoms with Crippen molar-refractivity contribution in [1.82, 2.24) is 0 Å². The predicted octanol–water partition coefficient (Wildman–Crippen LogP) is 5.98. The van der Waals surface area contributed by atoms with E-state index in [4.69, 9.17) is 4.74 Å². The third-order valence-corrected chi connectivity index (χ3v) is 4.61. The first kappa shape index (κ1) is 21.2. The zero-order valence-electron chi connectivity index (χ0n) is 16.4. The van der Waals surface area contributed by atoms with Gasteiger partial charge in [-0.3, -0.25) is 4.79 Å². The van der Waals surface area contributed by atoms with Crippen molar-refractivity contribution in [3.05, 3.63) is 94.8 Å². The van der Waals surface area contributed by atoms with Gasteiger partial charge in [0.2, 0.25) is 5.82 Å². The number of hydrogen-bond acceptors (Lipinski definition) is 3. The number of rotatable bonds is 4. The molecule has 0 fully saturated rings. The molecule has 0 aromatic heterocycles. The fourth-order valence-electron chi connectivity index (χ4n) is 3.07. The van der Waals surface area contributed by atoms with Gasteiger partial charge in [0.15, 0.2) is 23.3 Å². The smallest absolute Gasteiger partial charge is 0.280 e. The van der Waals surface area contributed by atoms with Crippen molar-refractivity contribution >= 4 is 23.4 Å². The Bertz CT molecular complexity index is 1260. The minimum atomic E-state index is -2.32. The van der Waals surface area contributed by atoms with Crippen LogP contribution in [0, 0.1) is 29.1 Å². The summed E-state index contributed by atoms with van der Waals surface area (Å²) in [5, 5.41) is 3.87. The normalized spacial score (nSPS) is 14.8. The molecule has 0 atom stereocenters. The number of anilines is 1. The van der Waals surface area contributed by atoms with Crippen molar-refractivity contribution in [2.45, 2.75) is 6.92 Å². The van der Waals surface area contributed by atoms with Gasteiger partial charge in [0.05, 0.1) is 11.3 Å². The second-order valence-corrected chi connectivity index (χ2v) is 6.77. The van der Waals surface area contributed by atoms with E-state index in [0.29, 0.717) is 17.1 Å². The zero-order chi connectivity index (χ0) is 23.0. The van der Waals surface area contributed by atoms with Gasteiger partial charge in [0.25, 0.3) is 5.91 Å². The van der Waals surface area contributed by atoms with E-state index in [-0.39, 0.29) is 16.3 Å². The van der Waals surface area contributed by atoms with E-state index in [9.17, 15) is 26.7 Å². The molecule has 0 saturated carbocycles. The summed E-state index contributed by atoms with van der Waals surface area (Å²) >= 11 is 0. The quantitative estimate of drug-likeness (QED) is 0.215. The van der Waals surface area contributed by atoms with Gasteiger partial charge in [-0.15, -0.1) is 0 Å². The summed E-state index contributed by atoms with van der Waals surface area (Å²) in [6.45, 7) is 1.38. The van der Waals surface area contributed by atoms with E-state index < -0.39 is 40.7 Å². The number of halogens is 5. The molecule has 0 bridgehead atoms. The number of amides is 1. The molecular formula is C23H13F5N2O2. The lowest BCUT2D eigenvalue weighted by Gasteiger charge is -2.15. The van der Waals surface area contributed by atoms with E-state index >= 15 is 0 Å². The van der Waals surface area contributed by atoms with Crippen LogP contribution in [0.1, 0.15) is 12.5 Å². The van der Waals surface area contributed by atoms with Crippen LogP contribution >= 0.6 is 0 Å². The Morgan fingerprint density at radius 1 is 0.812 bits per heavy atom. The van der Waals surface area contributed by atoms with Crippen molar-refractivity contribution in [3.63, 3.8) is 0 Å². The van der Waals surface area contributed by atoms with Crippen molar-refractivity contribution in [1.29, 1.82) is 0 Å². The first-order chi connectivity index (χ1) is 15.3. The molecule has 0 spiro atoms. The monoisotopic (exact) mass is 444 g/mol. The molecule has 0 unspecified atom stereocenters. The second kappa shape index (κ2) is 8.26. The molecule has 4 nitrogen and oxygen atoms in total. The number of benzene rings is 3. The Morgan fingerprint density at radius 3 is 2.06 bits per heavy atom. The zero-order valence-corrected chi connectivity index (χ0v) is 16.4. The SMILES string of the molecule is CC1=NN(c2c(F)c(F)c(F)c(F)c2F)C(=O)/C1=C/c1cccc(Oc2ccccc2)c1. The van der Waals surface area contributed by atoms with Crippen LogP contribution in [0.5, 0.6) is 11.5 Å². The van der Waals surface area contributed by atoms with Gasteiger partial charge < -0.3 is 4.74 Å². The molecular weight excluding hydrogens is 431 g/mol. The molecule has 3 aromatic rings. The van der Waals surface area contributed by atoms with Crippen molar-refractivity contribution in [2.75, 3.05) is 5.01 Å². The van der Waals surface area contributed by atoms with Crippen molar-refractivity contribution < 1.29 is 31.5 Å². The molecule has 1 aliphatic heterocycles. The molecule has 1 aliphatic rings. The largest absolute Gasteiger partial charge is 0.457 e. The highest BCUT2D eigenvalue weighted by Gasteiger charge is 2.37. The average Bonchev–Trinajstić information content (AvgIpc) is 3.05. The second-order valence-electron chi connectivity index (χ2n) is 6.77. The lowest BCUT2D eigenvalue weighted by Crippen LogP contribution is -2.25. The molecule has 162 valence electrons. The number of nitrogens with zero attached hydrogens (tertiary/aromatic N) is 2. The van der Waals surface area contributed by atoms with E-state index in [2.05, 4.69) is 5.10 Å². The van der Waals surface area contributed by atoms with Crippen LogP contribution in [-0.2, 0) is 4.79 Å². The molecule has 0 aliphatic carbocycles. The van der Waals surface area contributed by atoms with Crippen LogP contribution in [0.2, 0.25) is 0 Å². The summed E-state index contributed by atoms with van der Waals surface area (Å²) in [7, 11) is 0. The minimum absolute atomic E-state index is 0.0355. The highest BCUT2D eigenvalue weighted by Crippen LogP contribution is 2.34. The standard InChI is InChI=1S/C23H13F5N2O2/c1-12-16(11-13-6-5-9-15(10-13)32-14-7-3-2-4-8-14)23(31)30(29-12)22-20(27)18(25)17(24)19(26)21(22)28/h2-11H,1H3/b16-11+. The molecule has 3 aromatic carbocycles. The summed E-state index contributed by atoms with van der Waals surface area (Å²) in [5.41, 5.74) is -0.981. The molecule has 0 N–H and O–H groups in total. The third-order valence-electron chi connectivity index (χ3n) is 4.61. The first-order valence-corrected chi connectivity index (χ1v) is 9.24. The lowest BCUT2D eigenvalue weighted by atomic mass is 10.1. The highest BCUT2D eigenvalue weighted by atomic mass is 19.2. The number of ether oxygens (including phenoxy) is 1. The van der Waals surface area contributed by atoms with Crippen molar-refractivity contribution in [3.8, 4) is 11.5 Å². The summed E-state index contributed by atoms with van der Waals surface area (Å²) in [6.07, 6.45) is 1.38. The van der Waals surface area contributed by atoms with Crippen LogP contribution in [-0.4, -0.2) is 11.6 Å². The van der Waals surface area contributed by atoms with Crippen LogP contribution in [0.15, 0.2) is 65.3 Å². The topological polar surface area (TPSA) is 41.9 Å². The van der Waals surface area contributed by atoms with E-state index in [1.807, 2.05) is 6.07 Å². The maximum absolute atomic E-state index is 14.1. The number of carbonyl (C=O) groups is 1. The number of carbonyl (C=O) groups excluding carboxylic acids is 1. The summed E-state index contributed by atoms with van der Waals surface area (Å²) in [6, 6.07) is 15.5. The van der Waals surface area contributed by atoms with Crippen LogP contribution in [0.3, 0.4) is 0 Å². The molecule has 9 heteroatoms. The molecule has 0 radical (unpaired) electrons. The maximum Gasteiger partial charge on any atom is 0.280 e. The van der Waals surface area contributed by atoms with Crippen LogP contribution in [0.25, 0.3) is 6.08 Å². The third kappa shape index (κ3) is 3.73. The maximum atomic E-state index is 14.1. The van der Waals surface area contributed by atoms with E-state index in [0.717, 1.165) is 0 Å². The Labute approximate surface area is 178 Å².